The fraction of sp³-hybridized carbons (Fsp3) is 0.0714. The summed E-state index contributed by atoms with van der Waals surface area (Å²) in [5.41, 5.74) is 8.14. The van der Waals surface area contributed by atoms with Crippen molar-refractivity contribution in [3.05, 3.63) is 49.5 Å². The Labute approximate surface area is 138 Å². The number of anilines is 2. The Morgan fingerprint density at radius 2 is 2.05 bits per heavy atom. The summed E-state index contributed by atoms with van der Waals surface area (Å²) in [6, 6.07) is 8.36. The molecule has 0 radical (unpaired) electrons. The summed E-state index contributed by atoms with van der Waals surface area (Å²) in [6.07, 6.45) is 0. The van der Waals surface area contributed by atoms with Gasteiger partial charge in [-0.2, -0.15) is 0 Å². The minimum atomic E-state index is -0.384. The van der Waals surface area contributed by atoms with Crippen LogP contribution in [0.3, 0.4) is 0 Å². The van der Waals surface area contributed by atoms with Crippen molar-refractivity contribution in [2.45, 2.75) is 6.92 Å². The van der Waals surface area contributed by atoms with Gasteiger partial charge in [0.2, 0.25) is 0 Å². The maximum Gasteiger partial charge on any atom is 0.259 e. The highest BCUT2D eigenvalue weighted by Gasteiger charge is 2.14. The molecule has 0 saturated carbocycles. The Balaban J connectivity index is 2.32. The first-order valence-electron chi connectivity index (χ1n) is 5.74. The van der Waals surface area contributed by atoms with Crippen LogP contribution in [0.15, 0.2) is 34.8 Å². The van der Waals surface area contributed by atoms with E-state index in [2.05, 4.69) is 43.8 Å². The van der Waals surface area contributed by atoms with Crippen molar-refractivity contribution >= 4 is 55.8 Å². The van der Waals surface area contributed by atoms with Gasteiger partial charge in [0, 0.05) is 13.7 Å². The van der Waals surface area contributed by atoms with E-state index in [1.807, 2.05) is 13.0 Å². The number of benzene rings is 2. The number of carbonyl (C=O) groups is 1. The maximum atomic E-state index is 12.2. The molecule has 0 bridgehead atoms. The average molecular weight is 447 g/mol. The highest BCUT2D eigenvalue weighted by Crippen LogP contribution is 2.29. The summed E-state index contributed by atoms with van der Waals surface area (Å²) in [4.78, 5) is 12.2. The van der Waals surface area contributed by atoms with Crippen LogP contribution in [0.25, 0.3) is 0 Å². The Morgan fingerprint density at radius 3 is 2.75 bits per heavy atom. The molecule has 1 amide bonds. The highest BCUT2D eigenvalue weighted by molar-refractivity contribution is 14.1. The normalized spacial score (nSPS) is 10.3. The van der Waals surface area contributed by atoms with Gasteiger partial charge in [-0.1, -0.05) is 0 Å². The first kappa shape index (κ1) is 15.1. The Kier molecular flexibility index (Phi) is 4.54. The van der Waals surface area contributed by atoms with Crippen molar-refractivity contribution < 1.29 is 9.90 Å². The third-order valence-corrected chi connectivity index (χ3v) is 4.13. The summed E-state index contributed by atoms with van der Waals surface area (Å²) in [7, 11) is 0. The Hall–Kier alpha value is -1.28. The van der Waals surface area contributed by atoms with Gasteiger partial charge in [0.05, 0.1) is 11.3 Å². The molecule has 2 aromatic carbocycles. The first-order chi connectivity index (χ1) is 9.38. The number of aryl methyl sites for hydroxylation is 1. The number of nitrogens with one attached hydrogen (secondary N) is 1. The number of hydrogen-bond acceptors (Lipinski definition) is 3. The standard InChI is InChI=1S/C14H12BrIN2O2/c1-7-4-10(15)12(6-11(7)17)18-14(20)9-5-8(16)2-3-13(9)19/h2-6,19H,17H2,1H3,(H,18,20). The number of halogens is 2. The van der Waals surface area contributed by atoms with E-state index in [9.17, 15) is 9.90 Å². The number of nitrogen functional groups attached to an aromatic ring is 1. The fourth-order valence-electron chi connectivity index (χ4n) is 1.67. The predicted molar refractivity (Wildman–Crippen MR) is 92.1 cm³/mol. The van der Waals surface area contributed by atoms with E-state index in [0.29, 0.717) is 11.4 Å². The molecule has 0 aliphatic heterocycles. The number of rotatable bonds is 2. The van der Waals surface area contributed by atoms with E-state index in [4.69, 9.17) is 5.73 Å². The number of aromatic hydroxyl groups is 1. The summed E-state index contributed by atoms with van der Waals surface area (Å²) in [6.45, 7) is 1.89. The molecular weight excluding hydrogens is 435 g/mol. The van der Waals surface area contributed by atoms with Gasteiger partial charge in [-0.3, -0.25) is 4.79 Å². The molecule has 0 saturated heterocycles. The molecule has 20 heavy (non-hydrogen) atoms. The van der Waals surface area contributed by atoms with Gasteiger partial charge >= 0.3 is 0 Å². The second-order valence-corrected chi connectivity index (χ2v) is 6.40. The largest absolute Gasteiger partial charge is 0.507 e. The molecule has 0 aromatic heterocycles. The Bertz CT molecular complexity index is 689. The molecule has 0 fully saturated rings. The molecular formula is C14H12BrIN2O2. The second kappa shape index (κ2) is 6.01. The number of phenolic OH excluding ortho intramolecular Hbond substituents is 1. The van der Waals surface area contributed by atoms with Crippen molar-refractivity contribution in [3.8, 4) is 5.75 Å². The molecule has 2 rings (SSSR count). The summed E-state index contributed by atoms with van der Waals surface area (Å²) >= 11 is 5.46. The van der Waals surface area contributed by atoms with Crippen LogP contribution in [0, 0.1) is 10.5 Å². The van der Waals surface area contributed by atoms with E-state index in [1.54, 1.807) is 18.2 Å². The molecule has 0 aliphatic rings. The van der Waals surface area contributed by atoms with Crippen molar-refractivity contribution in [2.75, 3.05) is 11.1 Å². The average Bonchev–Trinajstić information content (AvgIpc) is 2.38. The van der Waals surface area contributed by atoms with Gasteiger partial charge in [0.25, 0.3) is 5.91 Å². The van der Waals surface area contributed by atoms with Crippen LogP contribution in [-0.4, -0.2) is 11.0 Å². The van der Waals surface area contributed by atoms with E-state index in [0.717, 1.165) is 13.6 Å². The van der Waals surface area contributed by atoms with Crippen LogP contribution in [0.5, 0.6) is 5.75 Å². The van der Waals surface area contributed by atoms with Crippen LogP contribution >= 0.6 is 38.5 Å². The lowest BCUT2D eigenvalue weighted by Gasteiger charge is -2.11. The Morgan fingerprint density at radius 1 is 1.35 bits per heavy atom. The first-order valence-corrected chi connectivity index (χ1v) is 7.61. The van der Waals surface area contributed by atoms with Crippen molar-refractivity contribution in [2.24, 2.45) is 0 Å². The highest BCUT2D eigenvalue weighted by atomic mass is 127. The van der Waals surface area contributed by atoms with Crippen molar-refractivity contribution in [1.29, 1.82) is 0 Å². The molecule has 6 heteroatoms. The van der Waals surface area contributed by atoms with E-state index in [1.165, 1.54) is 6.07 Å². The third-order valence-electron chi connectivity index (χ3n) is 2.81. The lowest BCUT2D eigenvalue weighted by Crippen LogP contribution is -2.13. The molecule has 4 nitrogen and oxygen atoms in total. The van der Waals surface area contributed by atoms with Gasteiger partial charge in [-0.05, 0) is 81.3 Å². The minimum Gasteiger partial charge on any atom is -0.507 e. The quantitative estimate of drug-likeness (QED) is 0.483. The summed E-state index contributed by atoms with van der Waals surface area (Å²) in [5, 5.41) is 12.5. The zero-order valence-corrected chi connectivity index (χ0v) is 14.3. The van der Waals surface area contributed by atoms with Gasteiger partial charge in [-0.15, -0.1) is 0 Å². The van der Waals surface area contributed by atoms with Gasteiger partial charge < -0.3 is 16.2 Å². The molecule has 2 aromatic rings. The molecule has 104 valence electrons. The summed E-state index contributed by atoms with van der Waals surface area (Å²) < 4.78 is 1.61. The van der Waals surface area contributed by atoms with Gasteiger partial charge in [0.15, 0.2) is 0 Å². The third kappa shape index (κ3) is 3.24. The zero-order valence-electron chi connectivity index (χ0n) is 10.6. The molecule has 0 aliphatic carbocycles. The van der Waals surface area contributed by atoms with Crippen LogP contribution in [0.4, 0.5) is 11.4 Å². The maximum absolute atomic E-state index is 12.2. The topological polar surface area (TPSA) is 75.3 Å². The second-order valence-electron chi connectivity index (χ2n) is 4.30. The lowest BCUT2D eigenvalue weighted by molar-refractivity contribution is 0.102. The number of amides is 1. The predicted octanol–water partition coefficient (Wildman–Crippen LogP) is 3.90. The number of carbonyl (C=O) groups excluding carboxylic acids is 1. The number of nitrogens with two attached hydrogens (primary N) is 1. The van der Waals surface area contributed by atoms with Crippen LogP contribution < -0.4 is 11.1 Å². The van der Waals surface area contributed by atoms with Crippen molar-refractivity contribution in [3.63, 3.8) is 0 Å². The van der Waals surface area contributed by atoms with Crippen molar-refractivity contribution in [1.82, 2.24) is 0 Å². The zero-order chi connectivity index (χ0) is 14.9. The molecule has 0 heterocycles. The summed E-state index contributed by atoms with van der Waals surface area (Å²) in [5.74, 6) is -0.441. The van der Waals surface area contributed by atoms with E-state index >= 15 is 0 Å². The lowest BCUT2D eigenvalue weighted by atomic mass is 10.1. The van der Waals surface area contributed by atoms with Gasteiger partial charge in [0.1, 0.15) is 5.75 Å². The van der Waals surface area contributed by atoms with Crippen LogP contribution in [0.2, 0.25) is 0 Å². The smallest absolute Gasteiger partial charge is 0.259 e. The van der Waals surface area contributed by atoms with E-state index in [-0.39, 0.29) is 17.2 Å². The molecule has 0 unspecified atom stereocenters. The van der Waals surface area contributed by atoms with Crippen LogP contribution in [-0.2, 0) is 0 Å². The molecule has 0 atom stereocenters. The van der Waals surface area contributed by atoms with Gasteiger partial charge in [-0.25, -0.2) is 0 Å². The molecule has 0 spiro atoms. The SMILES string of the molecule is Cc1cc(Br)c(NC(=O)c2cc(I)ccc2O)cc1N. The van der Waals surface area contributed by atoms with Crippen LogP contribution in [0.1, 0.15) is 15.9 Å². The number of hydrogen-bond donors (Lipinski definition) is 3. The minimum absolute atomic E-state index is 0.0564. The number of phenols is 1. The molecule has 4 N–H and O–H groups in total. The van der Waals surface area contributed by atoms with E-state index < -0.39 is 0 Å². The monoisotopic (exact) mass is 446 g/mol. The fourth-order valence-corrected chi connectivity index (χ4v) is 2.71.